The zero-order chi connectivity index (χ0) is 13.7. The van der Waals surface area contributed by atoms with Crippen molar-refractivity contribution in [3.63, 3.8) is 0 Å². The van der Waals surface area contributed by atoms with Gasteiger partial charge in [0.15, 0.2) is 0 Å². The molecular formula is C15H23N3O. The maximum absolute atomic E-state index is 12.1. The van der Waals surface area contributed by atoms with Crippen molar-refractivity contribution in [3.05, 3.63) is 35.9 Å². The molecule has 0 radical (unpaired) electrons. The Hall–Kier alpha value is -1.39. The zero-order valence-corrected chi connectivity index (χ0v) is 11.8. The summed E-state index contributed by atoms with van der Waals surface area (Å²) in [5, 5.41) is 3.50. The second kappa shape index (κ2) is 6.68. The summed E-state index contributed by atoms with van der Waals surface area (Å²) in [5.74, 6) is 0.226. The Bertz CT molecular complexity index is 405. The minimum atomic E-state index is 0.226. The number of benzene rings is 1. The van der Waals surface area contributed by atoms with E-state index in [2.05, 4.69) is 29.6 Å². The van der Waals surface area contributed by atoms with Crippen LogP contribution in [0, 0.1) is 0 Å². The number of piperazine rings is 1. The van der Waals surface area contributed by atoms with Gasteiger partial charge in [-0.2, -0.15) is 0 Å². The van der Waals surface area contributed by atoms with Gasteiger partial charge >= 0.3 is 0 Å². The first-order valence-corrected chi connectivity index (χ1v) is 6.85. The Morgan fingerprint density at radius 3 is 2.79 bits per heavy atom. The number of amides is 1. The fourth-order valence-corrected chi connectivity index (χ4v) is 2.46. The molecule has 1 aromatic rings. The molecule has 1 N–H and O–H groups in total. The third kappa shape index (κ3) is 4.33. The van der Waals surface area contributed by atoms with Crippen LogP contribution in [0.4, 0.5) is 0 Å². The molecule has 0 aromatic heterocycles. The van der Waals surface area contributed by atoms with Gasteiger partial charge in [-0.1, -0.05) is 30.3 Å². The van der Waals surface area contributed by atoms with Gasteiger partial charge in [-0.25, -0.2) is 0 Å². The number of carbonyl (C=O) groups is 1. The second-order valence-corrected chi connectivity index (χ2v) is 5.42. The summed E-state index contributed by atoms with van der Waals surface area (Å²) in [6, 6.07) is 10.8. The molecule has 1 aliphatic rings. The Morgan fingerprint density at radius 2 is 2.11 bits per heavy atom. The molecule has 0 saturated carbocycles. The molecule has 0 aliphatic carbocycles. The van der Waals surface area contributed by atoms with Crippen LogP contribution in [0.15, 0.2) is 30.3 Å². The number of hydrogen-bond acceptors (Lipinski definition) is 3. The summed E-state index contributed by atoms with van der Waals surface area (Å²) in [7, 11) is 3.86. The Balaban J connectivity index is 1.88. The molecule has 1 saturated heterocycles. The third-order valence-electron chi connectivity index (χ3n) is 3.38. The van der Waals surface area contributed by atoms with E-state index in [1.54, 1.807) is 0 Å². The van der Waals surface area contributed by atoms with Crippen molar-refractivity contribution in [2.75, 3.05) is 40.3 Å². The van der Waals surface area contributed by atoms with Gasteiger partial charge in [0.05, 0.1) is 6.54 Å². The lowest BCUT2D eigenvalue weighted by atomic mass is 10.0. The average molecular weight is 261 g/mol. The van der Waals surface area contributed by atoms with E-state index in [0.29, 0.717) is 12.6 Å². The van der Waals surface area contributed by atoms with E-state index in [9.17, 15) is 4.79 Å². The van der Waals surface area contributed by atoms with E-state index in [1.165, 1.54) is 5.56 Å². The number of carbonyl (C=O) groups excluding carboxylic acids is 1. The number of nitrogens with zero attached hydrogens (tertiary/aromatic N) is 2. The van der Waals surface area contributed by atoms with E-state index < -0.39 is 0 Å². The van der Waals surface area contributed by atoms with Crippen molar-refractivity contribution < 1.29 is 4.79 Å². The van der Waals surface area contributed by atoms with E-state index >= 15 is 0 Å². The van der Waals surface area contributed by atoms with Gasteiger partial charge in [0, 0.05) is 25.7 Å². The molecule has 19 heavy (non-hydrogen) atoms. The predicted molar refractivity (Wildman–Crippen MR) is 77.1 cm³/mol. The average Bonchev–Trinajstić information content (AvgIpc) is 2.39. The maximum atomic E-state index is 12.1. The molecule has 4 nitrogen and oxygen atoms in total. The molecule has 104 valence electrons. The van der Waals surface area contributed by atoms with Crippen molar-refractivity contribution in [1.82, 2.24) is 15.1 Å². The van der Waals surface area contributed by atoms with Crippen LogP contribution in [0.1, 0.15) is 5.56 Å². The van der Waals surface area contributed by atoms with Crippen LogP contribution < -0.4 is 5.32 Å². The Morgan fingerprint density at radius 1 is 1.37 bits per heavy atom. The summed E-state index contributed by atoms with van der Waals surface area (Å²) in [5.41, 5.74) is 1.32. The highest BCUT2D eigenvalue weighted by atomic mass is 16.2. The summed E-state index contributed by atoms with van der Waals surface area (Å²) in [4.78, 5) is 16.0. The zero-order valence-electron chi connectivity index (χ0n) is 11.8. The highest BCUT2D eigenvalue weighted by Gasteiger charge is 2.23. The van der Waals surface area contributed by atoms with Gasteiger partial charge in [-0.15, -0.1) is 0 Å². The number of rotatable bonds is 4. The molecule has 0 spiro atoms. The highest BCUT2D eigenvalue weighted by Crippen LogP contribution is 2.08. The quantitative estimate of drug-likeness (QED) is 0.862. The first-order chi connectivity index (χ1) is 9.15. The molecule has 4 heteroatoms. The molecule has 1 amide bonds. The molecule has 1 fully saturated rings. The summed E-state index contributed by atoms with van der Waals surface area (Å²) in [6.07, 6.45) is 0.979. The van der Waals surface area contributed by atoms with Gasteiger partial charge in [0.25, 0.3) is 0 Å². The van der Waals surface area contributed by atoms with Crippen LogP contribution >= 0.6 is 0 Å². The lowest BCUT2D eigenvalue weighted by Crippen LogP contribution is -2.54. The van der Waals surface area contributed by atoms with Crippen molar-refractivity contribution in [3.8, 4) is 0 Å². The van der Waals surface area contributed by atoms with Crippen molar-refractivity contribution in [2.24, 2.45) is 0 Å². The predicted octanol–water partition coefficient (Wildman–Crippen LogP) is 0.591. The molecule has 2 rings (SSSR count). The molecule has 1 atom stereocenters. The third-order valence-corrected chi connectivity index (χ3v) is 3.38. The van der Waals surface area contributed by atoms with Crippen LogP contribution in [0.25, 0.3) is 0 Å². The fourth-order valence-electron chi connectivity index (χ4n) is 2.46. The highest BCUT2D eigenvalue weighted by molar-refractivity contribution is 5.78. The van der Waals surface area contributed by atoms with Crippen molar-refractivity contribution in [2.45, 2.75) is 12.5 Å². The van der Waals surface area contributed by atoms with E-state index in [4.69, 9.17) is 0 Å². The van der Waals surface area contributed by atoms with Crippen LogP contribution in [-0.4, -0.2) is 62.0 Å². The molecule has 1 unspecified atom stereocenters. The van der Waals surface area contributed by atoms with Crippen molar-refractivity contribution >= 4 is 5.91 Å². The van der Waals surface area contributed by atoms with Gasteiger partial charge in [0.1, 0.15) is 0 Å². The normalized spacial score (nSPS) is 19.7. The number of hydrogen-bond donors (Lipinski definition) is 1. The molecule has 1 aliphatic heterocycles. The first kappa shape index (κ1) is 14.0. The summed E-state index contributed by atoms with van der Waals surface area (Å²) < 4.78 is 0. The Kier molecular flexibility index (Phi) is 4.93. The van der Waals surface area contributed by atoms with Crippen LogP contribution in [0.5, 0.6) is 0 Å². The van der Waals surface area contributed by atoms with Gasteiger partial charge in [-0.3, -0.25) is 4.79 Å². The van der Waals surface area contributed by atoms with Gasteiger partial charge in [-0.05, 0) is 26.1 Å². The molecule has 1 heterocycles. The van der Waals surface area contributed by atoms with Crippen LogP contribution in [-0.2, 0) is 11.2 Å². The van der Waals surface area contributed by atoms with Crippen LogP contribution in [0.2, 0.25) is 0 Å². The lowest BCUT2D eigenvalue weighted by molar-refractivity contribution is -0.133. The topological polar surface area (TPSA) is 35.6 Å². The van der Waals surface area contributed by atoms with Crippen molar-refractivity contribution in [1.29, 1.82) is 0 Å². The minimum Gasteiger partial charge on any atom is -0.339 e. The largest absolute Gasteiger partial charge is 0.339 e. The smallest absolute Gasteiger partial charge is 0.236 e. The lowest BCUT2D eigenvalue weighted by Gasteiger charge is -2.34. The number of likely N-dealkylation sites (N-methyl/N-ethyl adjacent to an activating group) is 1. The minimum absolute atomic E-state index is 0.226. The van der Waals surface area contributed by atoms with E-state index in [0.717, 1.165) is 26.1 Å². The second-order valence-electron chi connectivity index (χ2n) is 5.42. The first-order valence-electron chi connectivity index (χ1n) is 6.85. The maximum Gasteiger partial charge on any atom is 0.236 e. The summed E-state index contributed by atoms with van der Waals surface area (Å²) >= 11 is 0. The van der Waals surface area contributed by atoms with E-state index in [1.807, 2.05) is 30.0 Å². The fraction of sp³-hybridized carbons (Fsp3) is 0.533. The van der Waals surface area contributed by atoms with E-state index in [-0.39, 0.29) is 5.91 Å². The molecule has 0 bridgehead atoms. The SMILES string of the molecule is CN(C)CC(=O)N1CCNC(Cc2ccccc2)C1. The van der Waals surface area contributed by atoms with Crippen LogP contribution in [0.3, 0.4) is 0 Å². The number of nitrogens with one attached hydrogen (secondary N) is 1. The molecule has 1 aromatic carbocycles. The molecular weight excluding hydrogens is 238 g/mol. The summed E-state index contributed by atoms with van der Waals surface area (Å²) in [6.45, 7) is 3.01. The Labute approximate surface area is 115 Å². The standard InChI is InChI=1S/C15H23N3O/c1-17(2)12-15(19)18-9-8-16-14(11-18)10-13-6-4-3-5-7-13/h3-7,14,16H,8-12H2,1-2H3. The van der Waals surface area contributed by atoms with Gasteiger partial charge < -0.3 is 15.1 Å². The monoisotopic (exact) mass is 261 g/mol. The van der Waals surface area contributed by atoms with Gasteiger partial charge in [0.2, 0.25) is 5.91 Å².